The average Bonchev–Trinajstić information content (AvgIpc) is 3.18. The fourth-order valence-corrected chi connectivity index (χ4v) is 3.51. The summed E-state index contributed by atoms with van der Waals surface area (Å²) in [4.78, 5) is 5.34. The van der Waals surface area contributed by atoms with E-state index in [0.717, 1.165) is 33.1 Å². The highest BCUT2D eigenvalue weighted by atomic mass is 32.1. The lowest BCUT2D eigenvalue weighted by molar-refractivity contribution is 0.394. The monoisotopic (exact) mass is 409 g/mol. The van der Waals surface area contributed by atoms with E-state index in [1.807, 2.05) is 52.5 Å². The maximum Gasteiger partial charge on any atom is 0.206 e. The van der Waals surface area contributed by atoms with Crippen LogP contribution in [0.15, 0.2) is 70.6 Å². The van der Waals surface area contributed by atoms with Crippen LogP contribution < -0.4 is 19.0 Å². The van der Waals surface area contributed by atoms with Crippen molar-refractivity contribution in [3.05, 3.63) is 70.9 Å². The molecule has 1 aromatic heterocycles. The van der Waals surface area contributed by atoms with E-state index in [-0.39, 0.29) is 0 Å². The summed E-state index contributed by atoms with van der Waals surface area (Å²) in [5.41, 5.74) is 2.78. The summed E-state index contributed by atoms with van der Waals surface area (Å²) >= 11 is 1.52. The van der Waals surface area contributed by atoms with E-state index in [2.05, 4.69) is 11.6 Å². The zero-order chi connectivity index (χ0) is 20.6. The van der Waals surface area contributed by atoms with Gasteiger partial charge in [-0.15, -0.1) is 17.9 Å². The Labute approximate surface area is 174 Å². The molecule has 0 aliphatic heterocycles. The van der Waals surface area contributed by atoms with Gasteiger partial charge >= 0.3 is 0 Å². The highest BCUT2D eigenvalue weighted by molar-refractivity contribution is 7.07. The lowest BCUT2D eigenvalue weighted by atomic mass is 10.2. The molecule has 0 saturated carbocycles. The fourth-order valence-electron chi connectivity index (χ4n) is 2.67. The van der Waals surface area contributed by atoms with Gasteiger partial charge in [-0.05, 0) is 36.4 Å². The first-order chi connectivity index (χ1) is 14.2. The zero-order valence-electron chi connectivity index (χ0n) is 16.7. The van der Waals surface area contributed by atoms with Gasteiger partial charge in [-0.1, -0.05) is 6.08 Å². The first kappa shape index (κ1) is 20.4. The molecule has 0 aliphatic rings. The van der Waals surface area contributed by atoms with Crippen LogP contribution in [0, 0.1) is 0 Å². The molecule has 0 saturated heterocycles. The maximum absolute atomic E-state index is 5.46. The second-order valence-electron chi connectivity index (χ2n) is 5.93. The van der Waals surface area contributed by atoms with Crippen molar-refractivity contribution in [2.75, 3.05) is 27.9 Å². The first-order valence-corrected chi connectivity index (χ1v) is 9.81. The van der Waals surface area contributed by atoms with Crippen LogP contribution in [0.3, 0.4) is 0 Å². The molecular formula is C22H23N3O3S. The molecular weight excluding hydrogens is 386 g/mol. The van der Waals surface area contributed by atoms with Crippen molar-refractivity contribution >= 4 is 17.6 Å². The molecule has 0 bridgehead atoms. The quantitative estimate of drug-likeness (QED) is 0.414. The van der Waals surface area contributed by atoms with Crippen molar-refractivity contribution in [3.8, 4) is 28.5 Å². The third kappa shape index (κ3) is 4.75. The van der Waals surface area contributed by atoms with Gasteiger partial charge in [-0.2, -0.15) is 5.10 Å². The Kier molecular flexibility index (Phi) is 6.86. The van der Waals surface area contributed by atoms with Gasteiger partial charge < -0.3 is 14.2 Å². The van der Waals surface area contributed by atoms with Crippen molar-refractivity contribution in [1.29, 1.82) is 0 Å². The number of thiazole rings is 1. The number of benzene rings is 2. The van der Waals surface area contributed by atoms with Crippen LogP contribution in [0.5, 0.6) is 17.2 Å². The van der Waals surface area contributed by atoms with Gasteiger partial charge in [0.25, 0.3) is 0 Å². The predicted molar refractivity (Wildman–Crippen MR) is 117 cm³/mol. The topological polar surface area (TPSA) is 57.3 Å². The van der Waals surface area contributed by atoms with Crippen molar-refractivity contribution in [3.63, 3.8) is 0 Å². The van der Waals surface area contributed by atoms with E-state index in [9.17, 15) is 0 Å². The maximum atomic E-state index is 5.46. The largest absolute Gasteiger partial charge is 0.497 e. The van der Waals surface area contributed by atoms with Crippen LogP contribution in [0.25, 0.3) is 11.3 Å². The third-order valence-corrected chi connectivity index (χ3v) is 5.03. The molecule has 3 aromatic rings. The second-order valence-corrected chi connectivity index (χ2v) is 6.76. The number of methoxy groups -OCH3 is 3. The normalized spacial score (nSPS) is 11.6. The summed E-state index contributed by atoms with van der Waals surface area (Å²) < 4.78 is 17.8. The van der Waals surface area contributed by atoms with Crippen molar-refractivity contribution in [2.45, 2.75) is 0 Å². The van der Waals surface area contributed by atoms with Gasteiger partial charge in [0.05, 0.1) is 39.8 Å². The average molecular weight is 410 g/mol. The van der Waals surface area contributed by atoms with Crippen LogP contribution >= 0.6 is 11.3 Å². The molecule has 150 valence electrons. The molecule has 0 amide bonds. The highest BCUT2D eigenvalue weighted by Crippen LogP contribution is 2.25. The summed E-state index contributed by atoms with van der Waals surface area (Å²) in [5, 5.41) is 6.73. The molecule has 6 nitrogen and oxygen atoms in total. The number of nitrogens with zero attached hydrogens (tertiary/aromatic N) is 3. The van der Waals surface area contributed by atoms with E-state index >= 15 is 0 Å². The standard InChI is InChI=1S/C22H23N3O3S/c1-5-12-23-22-25(20(15-29-22)16-6-9-18(26-2)10-7-16)24-14-17-8-11-19(27-3)13-21(17)28-4/h5-11,13-15H,1,12H2,2-4H3. The number of aromatic nitrogens is 1. The molecule has 0 radical (unpaired) electrons. The Balaban J connectivity index is 2.05. The molecule has 1 heterocycles. The summed E-state index contributed by atoms with van der Waals surface area (Å²) in [6, 6.07) is 13.4. The van der Waals surface area contributed by atoms with Gasteiger partial charge in [0, 0.05) is 22.6 Å². The van der Waals surface area contributed by atoms with Crippen LogP contribution in [0.1, 0.15) is 5.56 Å². The summed E-state index contributed by atoms with van der Waals surface area (Å²) in [6.45, 7) is 4.26. The molecule has 2 aromatic carbocycles. The molecule has 3 rings (SSSR count). The Bertz CT molecular complexity index is 1070. The van der Waals surface area contributed by atoms with Crippen LogP contribution in [0.4, 0.5) is 0 Å². The van der Waals surface area contributed by atoms with E-state index in [0.29, 0.717) is 12.3 Å². The summed E-state index contributed by atoms with van der Waals surface area (Å²) in [7, 11) is 4.90. The molecule has 0 N–H and O–H groups in total. The van der Waals surface area contributed by atoms with Crippen molar-refractivity contribution < 1.29 is 14.2 Å². The van der Waals surface area contributed by atoms with Gasteiger partial charge in [-0.25, -0.2) is 4.68 Å². The predicted octanol–water partition coefficient (Wildman–Crippen LogP) is 4.21. The smallest absolute Gasteiger partial charge is 0.206 e. The number of hydrogen-bond donors (Lipinski definition) is 0. The first-order valence-electron chi connectivity index (χ1n) is 8.93. The third-order valence-electron chi connectivity index (χ3n) is 4.18. The Morgan fingerprint density at radius 2 is 1.72 bits per heavy atom. The van der Waals surface area contributed by atoms with Crippen molar-refractivity contribution in [1.82, 2.24) is 4.68 Å². The molecule has 0 aliphatic carbocycles. The second kappa shape index (κ2) is 9.75. The van der Waals surface area contributed by atoms with Gasteiger partial charge in [-0.3, -0.25) is 4.99 Å². The van der Waals surface area contributed by atoms with Gasteiger partial charge in [0.1, 0.15) is 17.2 Å². The SMILES string of the molecule is C=CCN=c1scc(-c2ccc(OC)cc2)n1N=Cc1ccc(OC)cc1OC. The van der Waals surface area contributed by atoms with Crippen LogP contribution in [-0.2, 0) is 0 Å². The van der Waals surface area contributed by atoms with E-state index in [4.69, 9.17) is 19.3 Å². The van der Waals surface area contributed by atoms with E-state index in [1.54, 1.807) is 33.6 Å². The van der Waals surface area contributed by atoms with Crippen molar-refractivity contribution in [2.24, 2.45) is 10.1 Å². The minimum absolute atomic E-state index is 0.518. The van der Waals surface area contributed by atoms with E-state index < -0.39 is 0 Å². The highest BCUT2D eigenvalue weighted by Gasteiger charge is 2.09. The molecule has 0 atom stereocenters. The van der Waals surface area contributed by atoms with E-state index in [1.165, 1.54) is 11.3 Å². The molecule has 0 unspecified atom stereocenters. The zero-order valence-corrected chi connectivity index (χ0v) is 17.5. The lowest BCUT2D eigenvalue weighted by Gasteiger charge is -2.08. The van der Waals surface area contributed by atoms with Gasteiger partial charge in [0.15, 0.2) is 0 Å². The molecule has 0 fully saturated rings. The minimum Gasteiger partial charge on any atom is -0.497 e. The summed E-state index contributed by atoms with van der Waals surface area (Å²) in [6.07, 6.45) is 3.51. The molecule has 29 heavy (non-hydrogen) atoms. The van der Waals surface area contributed by atoms with Crippen LogP contribution in [-0.4, -0.2) is 38.8 Å². The fraction of sp³-hybridized carbons (Fsp3) is 0.182. The minimum atomic E-state index is 0.518. The summed E-state index contributed by atoms with van der Waals surface area (Å²) in [5.74, 6) is 2.21. The Hall–Kier alpha value is -3.32. The Morgan fingerprint density at radius 3 is 2.38 bits per heavy atom. The van der Waals surface area contributed by atoms with Crippen LogP contribution in [0.2, 0.25) is 0 Å². The van der Waals surface area contributed by atoms with Gasteiger partial charge in [0.2, 0.25) is 4.80 Å². The Morgan fingerprint density at radius 1 is 1.00 bits per heavy atom. The lowest BCUT2D eigenvalue weighted by Crippen LogP contribution is -2.12. The molecule has 7 heteroatoms. The number of ether oxygens (including phenoxy) is 3. The number of hydrogen-bond acceptors (Lipinski definition) is 6. The molecule has 0 spiro atoms. The number of rotatable bonds is 8.